The van der Waals surface area contributed by atoms with Crippen molar-refractivity contribution in [3.8, 4) is 22.3 Å². The summed E-state index contributed by atoms with van der Waals surface area (Å²) in [6.45, 7) is 0. The maximum atomic E-state index is 2.57. The molecule has 2 aliphatic heterocycles. The molecule has 0 spiro atoms. The predicted molar refractivity (Wildman–Crippen MR) is 143 cm³/mol. The molecule has 0 N–H and O–H groups in total. The van der Waals surface area contributed by atoms with Gasteiger partial charge in [-0.05, 0) is 80.2 Å². The lowest BCUT2D eigenvalue weighted by atomic mass is 9.77. The SMILES string of the molecule is c1ccc2c(c1)-c1cc3ccccc3cc1C1c3cc4ccccc4cc3-c3ccccc3N21. The molecule has 0 unspecified atom stereocenters. The van der Waals surface area contributed by atoms with E-state index in [1.807, 2.05) is 0 Å². The first-order valence-corrected chi connectivity index (χ1v) is 11.9. The fraction of sp³-hybridized carbons (Fsp3) is 0.0303. The van der Waals surface area contributed by atoms with E-state index in [1.165, 1.54) is 66.3 Å². The Morgan fingerprint density at radius 1 is 0.382 bits per heavy atom. The molecule has 0 amide bonds. The van der Waals surface area contributed by atoms with Crippen LogP contribution in [0.4, 0.5) is 11.4 Å². The molecular formula is C33H21N. The Bertz CT molecular complexity index is 1650. The maximum Gasteiger partial charge on any atom is 0.0857 e. The van der Waals surface area contributed by atoms with E-state index in [9.17, 15) is 0 Å². The number of nitrogens with zero attached hydrogens (tertiary/aromatic N) is 1. The summed E-state index contributed by atoms with van der Waals surface area (Å²) in [5.41, 5.74) is 10.6. The van der Waals surface area contributed by atoms with Crippen molar-refractivity contribution in [1.82, 2.24) is 0 Å². The maximum absolute atomic E-state index is 2.57. The van der Waals surface area contributed by atoms with Crippen molar-refractivity contribution in [2.24, 2.45) is 0 Å². The zero-order chi connectivity index (χ0) is 22.2. The first-order chi connectivity index (χ1) is 16.9. The molecule has 6 aromatic carbocycles. The Labute approximate surface area is 198 Å². The molecule has 2 heterocycles. The molecule has 1 nitrogen and oxygen atoms in total. The fourth-order valence-electron chi connectivity index (χ4n) is 6.11. The van der Waals surface area contributed by atoms with Gasteiger partial charge in [0.1, 0.15) is 0 Å². The van der Waals surface area contributed by atoms with E-state index in [-0.39, 0.29) is 6.04 Å². The van der Waals surface area contributed by atoms with Gasteiger partial charge in [-0.25, -0.2) is 0 Å². The Balaban J connectivity index is 1.54. The molecule has 2 aliphatic rings. The summed E-state index contributed by atoms with van der Waals surface area (Å²) in [6, 6.07) is 45.0. The van der Waals surface area contributed by atoms with E-state index in [2.05, 4.69) is 126 Å². The minimum absolute atomic E-state index is 0.129. The van der Waals surface area contributed by atoms with Gasteiger partial charge in [-0.15, -0.1) is 0 Å². The zero-order valence-corrected chi connectivity index (χ0v) is 18.6. The second-order valence-electron chi connectivity index (χ2n) is 9.38. The molecule has 8 rings (SSSR count). The van der Waals surface area contributed by atoms with Gasteiger partial charge in [-0.1, -0.05) is 84.9 Å². The van der Waals surface area contributed by atoms with E-state index in [4.69, 9.17) is 0 Å². The largest absolute Gasteiger partial charge is 0.329 e. The molecule has 0 saturated carbocycles. The van der Waals surface area contributed by atoms with Crippen LogP contribution in [-0.2, 0) is 0 Å². The molecule has 0 radical (unpaired) electrons. The summed E-state index contributed by atoms with van der Waals surface area (Å²) in [5.74, 6) is 0. The molecule has 0 bridgehead atoms. The van der Waals surface area contributed by atoms with Gasteiger partial charge in [0, 0.05) is 22.5 Å². The van der Waals surface area contributed by atoms with Crippen LogP contribution < -0.4 is 4.90 Å². The monoisotopic (exact) mass is 431 g/mol. The molecule has 0 atom stereocenters. The predicted octanol–water partition coefficient (Wildman–Crippen LogP) is 8.88. The van der Waals surface area contributed by atoms with Crippen LogP contribution in [0.5, 0.6) is 0 Å². The summed E-state index contributed by atoms with van der Waals surface area (Å²) in [7, 11) is 0. The van der Waals surface area contributed by atoms with Gasteiger partial charge >= 0.3 is 0 Å². The van der Waals surface area contributed by atoms with Crippen LogP contribution in [0.3, 0.4) is 0 Å². The number of benzene rings is 6. The highest BCUT2D eigenvalue weighted by atomic mass is 15.2. The smallest absolute Gasteiger partial charge is 0.0857 e. The summed E-state index contributed by atoms with van der Waals surface area (Å²) in [6.07, 6.45) is 0. The minimum atomic E-state index is 0.129. The van der Waals surface area contributed by atoms with Crippen molar-refractivity contribution < 1.29 is 0 Å². The number of rotatable bonds is 0. The van der Waals surface area contributed by atoms with Gasteiger partial charge in [0.15, 0.2) is 0 Å². The van der Waals surface area contributed by atoms with E-state index in [0.29, 0.717) is 0 Å². The molecule has 34 heavy (non-hydrogen) atoms. The normalized spacial score (nSPS) is 13.7. The minimum Gasteiger partial charge on any atom is -0.329 e. The number of para-hydroxylation sites is 2. The Morgan fingerprint density at radius 2 is 0.765 bits per heavy atom. The Morgan fingerprint density at radius 3 is 1.24 bits per heavy atom. The fourth-order valence-corrected chi connectivity index (χ4v) is 6.11. The Kier molecular flexibility index (Phi) is 3.51. The van der Waals surface area contributed by atoms with Crippen LogP contribution in [0.15, 0.2) is 121 Å². The lowest BCUT2D eigenvalue weighted by molar-refractivity contribution is 0.805. The third-order valence-electron chi connectivity index (χ3n) is 7.59. The number of fused-ring (bicyclic) bond motifs is 13. The van der Waals surface area contributed by atoms with Gasteiger partial charge in [0.05, 0.1) is 6.04 Å². The standard InChI is InChI=1S/C33H21N/c1-3-11-23-19-29-27(17-21(23)9-1)25-13-5-7-15-31(25)34-32-16-8-6-14-26(32)28-18-22-10-2-4-12-24(22)20-30(28)33(29)34/h1-20,33H. The summed E-state index contributed by atoms with van der Waals surface area (Å²) < 4.78 is 0. The lowest BCUT2D eigenvalue weighted by Crippen LogP contribution is -2.32. The quantitative estimate of drug-likeness (QED) is 0.232. The molecule has 158 valence electrons. The van der Waals surface area contributed by atoms with Crippen LogP contribution in [0.2, 0.25) is 0 Å². The van der Waals surface area contributed by atoms with Crippen molar-refractivity contribution in [3.63, 3.8) is 0 Å². The molecule has 1 heteroatoms. The first-order valence-electron chi connectivity index (χ1n) is 11.9. The average molecular weight is 432 g/mol. The van der Waals surface area contributed by atoms with Crippen molar-refractivity contribution in [2.45, 2.75) is 6.04 Å². The number of anilines is 2. The third-order valence-corrected chi connectivity index (χ3v) is 7.59. The Hall–Kier alpha value is -4.36. The molecule has 0 fully saturated rings. The zero-order valence-electron chi connectivity index (χ0n) is 18.6. The summed E-state index contributed by atoms with van der Waals surface area (Å²) in [5, 5.41) is 5.17. The highest BCUT2D eigenvalue weighted by molar-refractivity contribution is 6.02. The van der Waals surface area contributed by atoms with Crippen molar-refractivity contribution in [3.05, 3.63) is 132 Å². The van der Waals surface area contributed by atoms with Gasteiger partial charge in [-0.3, -0.25) is 0 Å². The molecular weight excluding hydrogens is 410 g/mol. The second kappa shape index (κ2) is 6.59. The summed E-state index contributed by atoms with van der Waals surface area (Å²) in [4.78, 5) is 2.57. The van der Waals surface area contributed by atoms with Crippen molar-refractivity contribution >= 4 is 32.9 Å². The van der Waals surface area contributed by atoms with Gasteiger partial charge in [0.25, 0.3) is 0 Å². The topological polar surface area (TPSA) is 3.24 Å². The summed E-state index contributed by atoms with van der Waals surface area (Å²) >= 11 is 0. The first kappa shape index (κ1) is 18.1. The van der Waals surface area contributed by atoms with E-state index in [0.717, 1.165) is 0 Å². The lowest BCUT2D eigenvalue weighted by Gasteiger charge is -2.45. The van der Waals surface area contributed by atoms with Crippen molar-refractivity contribution in [2.75, 3.05) is 4.90 Å². The third kappa shape index (κ3) is 2.34. The number of hydrogen-bond acceptors (Lipinski definition) is 1. The van der Waals surface area contributed by atoms with Crippen LogP contribution in [0.1, 0.15) is 17.2 Å². The van der Waals surface area contributed by atoms with E-state index < -0.39 is 0 Å². The highest BCUT2D eigenvalue weighted by Crippen LogP contribution is 2.57. The van der Waals surface area contributed by atoms with Crippen LogP contribution >= 0.6 is 0 Å². The van der Waals surface area contributed by atoms with Gasteiger partial charge in [-0.2, -0.15) is 0 Å². The highest BCUT2D eigenvalue weighted by Gasteiger charge is 2.39. The van der Waals surface area contributed by atoms with Gasteiger partial charge < -0.3 is 4.90 Å². The van der Waals surface area contributed by atoms with Crippen LogP contribution in [0.25, 0.3) is 43.8 Å². The van der Waals surface area contributed by atoms with E-state index >= 15 is 0 Å². The number of hydrogen-bond donors (Lipinski definition) is 0. The van der Waals surface area contributed by atoms with Gasteiger partial charge in [0.2, 0.25) is 0 Å². The average Bonchev–Trinajstić information content (AvgIpc) is 2.91. The molecule has 0 aromatic heterocycles. The van der Waals surface area contributed by atoms with Crippen molar-refractivity contribution in [1.29, 1.82) is 0 Å². The second-order valence-corrected chi connectivity index (χ2v) is 9.38. The van der Waals surface area contributed by atoms with E-state index in [1.54, 1.807) is 0 Å². The van der Waals surface area contributed by atoms with Crippen LogP contribution in [0, 0.1) is 0 Å². The molecule has 0 saturated heterocycles. The van der Waals surface area contributed by atoms with Crippen LogP contribution in [-0.4, -0.2) is 0 Å². The molecule has 0 aliphatic carbocycles. The molecule has 6 aromatic rings.